The molecule has 1 aromatic heterocycles. The highest BCUT2D eigenvalue weighted by molar-refractivity contribution is 9.10. The topological polar surface area (TPSA) is 38.1 Å². The monoisotopic (exact) mass is 468 g/mol. The molecule has 0 bridgehead atoms. The molecular weight excluding hydrogens is 463 g/mol. The van der Waals surface area contributed by atoms with Gasteiger partial charge < -0.3 is 5.11 Å². The van der Waals surface area contributed by atoms with Crippen molar-refractivity contribution in [2.45, 2.75) is 6.10 Å². The van der Waals surface area contributed by atoms with E-state index in [9.17, 15) is 22.7 Å². The zero-order valence-electron chi connectivity index (χ0n) is 12.5. The molecule has 1 unspecified atom stereocenters. The number of hydrogen-bond donors (Lipinski definition) is 1. The fourth-order valence-corrected chi connectivity index (χ4v) is 3.64. The summed E-state index contributed by atoms with van der Waals surface area (Å²) in [5.74, 6) is -3.85. The van der Waals surface area contributed by atoms with Crippen molar-refractivity contribution >= 4 is 39.1 Å². The van der Waals surface area contributed by atoms with Crippen molar-refractivity contribution in [3.63, 3.8) is 0 Å². The summed E-state index contributed by atoms with van der Waals surface area (Å²) in [6, 6.07) is 3.97. The van der Waals surface area contributed by atoms with Gasteiger partial charge in [-0.25, -0.2) is 22.5 Å². The number of imidazole rings is 1. The van der Waals surface area contributed by atoms with E-state index < -0.39 is 29.4 Å². The van der Waals surface area contributed by atoms with Gasteiger partial charge in [0.15, 0.2) is 15.7 Å². The van der Waals surface area contributed by atoms with Crippen LogP contribution in [0.3, 0.4) is 0 Å². The molecule has 1 heterocycles. The van der Waals surface area contributed by atoms with Crippen LogP contribution in [0, 0.1) is 23.3 Å². The molecule has 0 aliphatic carbocycles. The standard InChI is InChI=1S/C16H7BrCl2F4N2O/c17-16-24-15(19)13(14(26)8-2-1-6(20)4-10(8)22)25(16)12-9(18)3-7(21)5-11(12)23/h1-5,14,26H. The predicted molar refractivity (Wildman–Crippen MR) is 91.6 cm³/mol. The molecule has 0 saturated heterocycles. The van der Waals surface area contributed by atoms with Crippen LogP contribution in [0.5, 0.6) is 0 Å². The maximum Gasteiger partial charge on any atom is 0.183 e. The Labute approximate surface area is 162 Å². The number of benzene rings is 2. The first-order chi connectivity index (χ1) is 12.2. The minimum atomic E-state index is -1.73. The van der Waals surface area contributed by atoms with Gasteiger partial charge in [0.2, 0.25) is 0 Å². The number of hydrogen-bond acceptors (Lipinski definition) is 2. The molecule has 26 heavy (non-hydrogen) atoms. The first-order valence-corrected chi connectivity index (χ1v) is 8.47. The Balaban J connectivity index is 2.25. The Kier molecular flexibility index (Phi) is 5.30. The Bertz CT molecular complexity index is 989. The number of nitrogens with zero attached hydrogens (tertiary/aromatic N) is 2. The van der Waals surface area contributed by atoms with E-state index in [1.54, 1.807) is 0 Å². The second-order valence-electron chi connectivity index (χ2n) is 5.18. The Morgan fingerprint density at radius 3 is 2.27 bits per heavy atom. The first kappa shape index (κ1) is 19.2. The minimum absolute atomic E-state index is 0.0634. The fourth-order valence-electron chi connectivity index (χ4n) is 2.45. The zero-order chi connectivity index (χ0) is 19.2. The molecule has 3 rings (SSSR count). The van der Waals surface area contributed by atoms with Gasteiger partial charge in [-0.15, -0.1) is 0 Å². The van der Waals surface area contributed by atoms with E-state index in [-0.39, 0.29) is 31.9 Å². The number of halogens is 7. The van der Waals surface area contributed by atoms with Gasteiger partial charge in [-0.2, -0.15) is 0 Å². The van der Waals surface area contributed by atoms with Crippen molar-refractivity contribution in [2.24, 2.45) is 0 Å². The maximum atomic E-state index is 14.3. The summed E-state index contributed by atoms with van der Waals surface area (Å²) in [4.78, 5) is 3.86. The minimum Gasteiger partial charge on any atom is -0.382 e. The summed E-state index contributed by atoms with van der Waals surface area (Å²) in [5.41, 5.74) is -0.909. The lowest BCUT2D eigenvalue weighted by Crippen LogP contribution is -2.12. The lowest BCUT2D eigenvalue weighted by molar-refractivity contribution is 0.207. The lowest BCUT2D eigenvalue weighted by Gasteiger charge is -2.17. The molecule has 3 nitrogen and oxygen atoms in total. The summed E-state index contributed by atoms with van der Waals surface area (Å²) in [6.07, 6.45) is -1.73. The molecule has 1 N–H and O–H groups in total. The normalized spacial score (nSPS) is 12.5. The van der Waals surface area contributed by atoms with Crippen LogP contribution in [-0.2, 0) is 0 Å². The molecule has 0 fully saturated rings. The maximum absolute atomic E-state index is 14.3. The molecule has 0 radical (unpaired) electrons. The van der Waals surface area contributed by atoms with Crippen LogP contribution >= 0.6 is 39.1 Å². The third-order valence-electron chi connectivity index (χ3n) is 3.55. The van der Waals surface area contributed by atoms with Crippen molar-refractivity contribution in [3.05, 3.63) is 79.8 Å². The number of aliphatic hydroxyl groups is 1. The van der Waals surface area contributed by atoms with Crippen molar-refractivity contribution in [3.8, 4) is 5.69 Å². The van der Waals surface area contributed by atoms with Gasteiger partial charge in [-0.1, -0.05) is 29.3 Å². The van der Waals surface area contributed by atoms with Gasteiger partial charge in [0.05, 0.1) is 10.7 Å². The molecule has 136 valence electrons. The lowest BCUT2D eigenvalue weighted by atomic mass is 10.1. The van der Waals surface area contributed by atoms with Crippen LogP contribution in [-0.4, -0.2) is 14.7 Å². The average molecular weight is 470 g/mol. The third-order valence-corrected chi connectivity index (χ3v) is 4.65. The quantitative estimate of drug-likeness (QED) is 0.508. The molecule has 0 saturated carbocycles. The van der Waals surface area contributed by atoms with E-state index in [0.29, 0.717) is 12.1 Å². The molecule has 0 spiro atoms. The smallest absolute Gasteiger partial charge is 0.183 e. The third kappa shape index (κ3) is 3.34. The molecule has 2 aromatic carbocycles. The summed E-state index contributed by atoms with van der Waals surface area (Å²) in [5, 5.41) is 9.96. The largest absolute Gasteiger partial charge is 0.382 e. The fraction of sp³-hybridized carbons (Fsp3) is 0.0625. The van der Waals surface area contributed by atoms with Crippen LogP contribution in [0.4, 0.5) is 17.6 Å². The molecule has 10 heteroatoms. The van der Waals surface area contributed by atoms with E-state index >= 15 is 0 Å². The summed E-state index contributed by atoms with van der Waals surface area (Å²) >= 11 is 15.0. The van der Waals surface area contributed by atoms with E-state index in [4.69, 9.17) is 23.2 Å². The molecule has 0 aliphatic heterocycles. The molecule has 1 atom stereocenters. The Morgan fingerprint density at radius 1 is 1.00 bits per heavy atom. The van der Waals surface area contributed by atoms with Gasteiger partial charge in [-0.05, 0) is 28.1 Å². The van der Waals surface area contributed by atoms with Gasteiger partial charge in [0.1, 0.15) is 29.2 Å². The summed E-state index contributed by atoms with van der Waals surface area (Å²) < 4.78 is 55.7. The average Bonchev–Trinajstić information content (AvgIpc) is 2.80. The van der Waals surface area contributed by atoms with Crippen molar-refractivity contribution in [1.29, 1.82) is 0 Å². The highest BCUT2D eigenvalue weighted by atomic mass is 79.9. The number of rotatable bonds is 3. The van der Waals surface area contributed by atoms with E-state index in [1.165, 1.54) is 0 Å². The highest BCUT2D eigenvalue weighted by Gasteiger charge is 2.28. The highest BCUT2D eigenvalue weighted by Crippen LogP contribution is 2.37. The Hall–Kier alpha value is -1.61. The predicted octanol–water partition coefficient (Wildman–Crippen LogP) is 5.58. The van der Waals surface area contributed by atoms with E-state index in [1.807, 2.05) is 0 Å². The first-order valence-electron chi connectivity index (χ1n) is 6.92. The second kappa shape index (κ2) is 7.19. The number of aliphatic hydroxyl groups excluding tert-OH is 1. The van der Waals surface area contributed by atoms with Crippen LogP contribution in [0.15, 0.2) is 35.1 Å². The Morgan fingerprint density at radius 2 is 1.65 bits per heavy atom. The zero-order valence-corrected chi connectivity index (χ0v) is 15.5. The molecule has 3 aromatic rings. The van der Waals surface area contributed by atoms with Gasteiger partial charge in [-0.3, -0.25) is 4.57 Å². The van der Waals surface area contributed by atoms with Crippen LogP contribution in [0.2, 0.25) is 10.2 Å². The SMILES string of the molecule is OC(c1ccc(F)cc1F)c1c(Cl)nc(Br)n1-c1c(F)cc(F)cc1Cl. The van der Waals surface area contributed by atoms with Crippen LogP contribution in [0.1, 0.15) is 17.4 Å². The second-order valence-corrected chi connectivity index (χ2v) is 6.65. The van der Waals surface area contributed by atoms with E-state index in [0.717, 1.165) is 22.8 Å². The van der Waals surface area contributed by atoms with Crippen molar-refractivity contribution in [2.75, 3.05) is 0 Å². The van der Waals surface area contributed by atoms with Crippen LogP contribution in [0.25, 0.3) is 5.69 Å². The van der Waals surface area contributed by atoms with Gasteiger partial charge in [0, 0.05) is 17.7 Å². The molecular formula is C16H7BrCl2F4N2O. The molecule has 0 amide bonds. The molecule has 0 aliphatic rings. The van der Waals surface area contributed by atoms with Crippen LogP contribution < -0.4 is 0 Å². The van der Waals surface area contributed by atoms with Crippen molar-refractivity contribution in [1.82, 2.24) is 9.55 Å². The number of aromatic nitrogens is 2. The van der Waals surface area contributed by atoms with Crippen molar-refractivity contribution < 1.29 is 22.7 Å². The van der Waals surface area contributed by atoms with Gasteiger partial charge in [0.25, 0.3) is 0 Å². The summed E-state index contributed by atoms with van der Waals surface area (Å²) in [7, 11) is 0. The summed E-state index contributed by atoms with van der Waals surface area (Å²) in [6.45, 7) is 0. The van der Waals surface area contributed by atoms with Gasteiger partial charge >= 0.3 is 0 Å². The van der Waals surface area contributed by atoms with E-state index in [2.05, 4.69) is 20.9 Å².